The third-order valence-corrected chi connectivity index (χ3v) is 2.86. The number of amides is 1. The molecule has 0 saturated carbocycles. The second-order valence-corrected chi connectivity index (χ2v) is 5.89. The SMILES string of the molecule is CCOC(=O)[C@@H]1C[C@](F)(CO)CN1C(=O)OC(C)(C)C. The first kappa shape index (κ1) is 16.7. The molecule has 1 amide bonds. The van der Waals surface area contributed by atoms with Crippen molar-refractivity contribution < 1.29 is 28.6 Å². The molecular formula is C13H22FNO5. The highest BCUT2D eigenvalue weighted by atomic mass is 19.1. The molecule has 7 heteroatoms. The highest BCUT2D eigenvalue weighted by molar-refractivity contribution is 5.82. The third-order valence-electron chi connectivity index (χ3n) is 2.86. The minimum Gasteiger partial charge on any atom is -0.464 e. The normalized spacial score (nSPS) is 26.5. The van der Waals surface area contributed by atoms with Gasteiger partial charge in [-0.3, -0.25) is 4.90 Å². The number of hydrogen-bond donors (Lipinski definition) is 1. The lowest BCUT2D eigenvalue weighted by atomic mass is 10.0. The molecule has 1 aliphatic rings. The van der Waals surface area contributed by atoms with Crippen LogP contribution in [-0.2, 0) is 14.3 Å². The molecule has 0 aliphatic carbocycles. The predicted octanol–water partition coefficient (Wildman–Crippen LogP) is 1.26. The maximum atomic E-state index is 14.2. The van der Waals surface area contributed by atoms with Gasteiger partial charge in [-0.15, -0.1) is 0 Å². The summed E-state index contributed by atoms with van der Waals surface area (Å²) in [7, 11) is 0. The topological polar surface area (TPSA) is 76.1 Å². The fourth-order valence-electron chi connectivity index (χ4n) is 2.01. The first-order chi connectivity index (χ1) is 9.12. The van der Waals surface area contributed by atoms with Gasteiger partial charge in [0.1, 0.15) is 11.6 Å². The summed E-state index contributed by atoms with van der Waals surface area (Å²) in [5, 5.41) is 9.08. The number of carbonyl (C=O) groups is 2. The van der Waals surface area contributed by atoms with Gasteiger partial charge in [0.15, 0.2) is 5.67 Å². The van der Waals surface area contributed by atoms with E-state index in [-0.39, 0.29) is 19.6 Å². The zero-order chi connectivity index (χ0) is 15.6. The summed E-state index contributed by atoms with van der Waals surface area (Å²) in [4.78, 5) is 24.8. The lowest BCUT2D eigenvalue weighted by molar-refractivity contribution is -0.148. The number of nitrogens with zero attached hydrogens (tertiary/aromatic N) is 1. The number of aliphatic hydroxyl groups is 1. The smallest absolute Gasteiger partial charge is 0.411 e. The van der Waals surface area contributed by atoms with Crippen molar-refractivity contribution in [3.05, 3.63) is 0 Å². The van der Waals surface area contributed by atoms with Crippen molar-refractivity contribution in [2.24, 2.45) is 0 Å². The van der Waals surface area contributed by atoms with Gasteiger partial charge >= 0.3 is 12.1 Å². The zero-order valence-electron chi connectivity index (χ0n) is 12.3. The Morgan fingerprint density at radius 1 is 1.45 bits per heavy atom. The molecule has 0 aromatic heterocycles. The largest absolute Gasteiger partial charge is 0.464 e. The number of aliphatic hydroxyl groups excluding tert-OH is 1. The monoisotopic (exact) mass is 291 g/mol. The van der Waals surface area contributed by atoms with Gasteiger partial charge in [0.05, 0.1) is 19.8 Å². The van der Waals surface area contributed by atoms with E-state index in [0.717, 1.165) is 4.90 Å². The molecule has 0 radical (unpaired) electrons. The van der Waals surface area contributed by atoms with E-state index in [0.29, 0.717) is 0 Å². The molecule has 116 valence electrons. The third kappa shape index (κ3) is 4.06. The van der Waals surface area contributed by atoms with Crippen molar-refractivity contribution in [3.8, 4) is 0 Å². The van der Waals surface area contributed by atoms with Gasteiger partial charge in [0.2, 0.25) is 0 Å². The second kappa shape index (κ2) is 5.95. The number of carbonyl (C=O) groups excluding carboxylic acids is 2. The molecular weight excluding hydrogens is 269 g/mol. The van der Waals surface area contributed by atoms with Gasteiger partial charge in [-0.05, 0) is 27.7 Å². The van der Waals surface area contributed by atoms with Crippen molar-refractivity contribution >= 4 is 12.1 Å². The Labute approximate surface area is 117 Å². The maximum absolute atomic E-state index is 14.2. The van der Waals surface area contributed by atoms with Crippen LogP contribution in [0, 0.1) is 0 Å². The molecule has 0 spiro atoms. The minimum absolute atomic E-state index is 0.135. The highest BCUT2D eigenvalue weighted by Crippen LogP contribution is 2.32. The molecule has 0 aromatic rings. The number of esters is 1. The summed E-state index contributed by atoms with van der Waals surface area (Å²) in [6.07, 6.45) is -1.08. The molecule has 0 aromatic carbocycles. The van der Waals surface area contributed by atoms with Crippen molar-refractivity contribution in [1.29, 1.82) is 0 Å². The number of halogens is 1. The van der Waals surface area contributed by atoms with E-state index in [4.69, 9.17) is 14.6 Å². The van der Waals surface area contributed by atoms with E-state index < -0.39 is 36.0 Å². The average molecular weight is 291 g/mol. The molecule has 1 saturated heterocycles. The van der Waals surface area contributed by atoms with Gasteiger partial charge < -0.3 is 14.6 Å². The second-order valence-electron chi connectivity index (χ2n) is 5.89. The van der Waals surface area contributed by atoms with Crippen LogP contribution in [0.1, 0.15) is 34.1 Å². The fourth-order valence-corrected chi connectivity index (χ4v) is 2.01. The number of ether oxygens (including phenoxy) is 2. The van der Waals surface area contributed by atoms with Crippen LogP contribution in [0.4, 0.5) is 9.18 Å². The molecule has 6 nitrogen and oxygen atoms in total. The Morgan fingerprint density at radius 2 is 2.05 bits per heavy atom. The van der Waals surface area contributed by atoms with Crippen LogP contribution in [0.25, 0.3) is 0 Å². The molecule has 0 unspecified atom stereocenters. The van der Waals surface area contributed by atoms with E-state index in [2.05, 4.69) is 0 Å². The van der Waals surface area contributed by atoms with Gasteiger partial charge in [0, 0.05) is 6.42 Å². The summed E-state index contributed by atoms with van der Waals surface area (Å²) < 4.78 is 24.2. The number of alkyl halides is 1. The fraction of sp³-hybridized carbons (Fsp3) is 0.846. The lowest BCUT2D eigenvalue weighted by Gasteiger charge is -2.27. The molecule has 1 heterocycles. The molecule has 1 N–H and O–H groups in total. The van der Waals surface area contributed by atoms with Crippen LogP contribution in [0.3, 0.4) is 0 Å². The molecule has 1 rings (SSSR count). The van der Waals surface area contributed by atoms with Crippen LogP contribution >= 0.6 is 0 Å². The molecule has 1 fully saturated rings. The molecule has 0 bridgehead atoms. The maximum Gasteiger partial charge on any atom is 0.411 e. The Balaban J connectivity index is 2.89. The summed E-state index contributed by atoms with van der Waals surface area (Å²) in [5.74, 6) is -0.689. The first-order valence-electron chi connectivity index (χ1n) is 6.58. The minimum atomic E-state index is -2.01. The van der Waals surface area contributed by atoms with Gasteiger partial charge in [-0.25, -0.2) is 14.0 Å². The Morgan fingerprint density at radius 3 is 2.50 bits per heavy atom. The number of likely N-dealkylation sites (tertiary alicyclic amines) is 1. The van der Waals surface area contributed by atoms with Crippen molar-refractivity contribution in [3.63, 3.8) is 0 Å². The van der Waals surface area contributed by atoms with Gasteiger partial charge in [-0.1, -0.05) is 0 Å². The number of hydrogen-bond acceptors (Lipinski definition) is 5. The Kier molecular flexibility index (Phi) is 4.96. The summed E-state index contributed by atoms with van der Waals surface area (Å²) in [6.45, 7) is 5.64. The van der Waals surface area contributed by atoms with Crippen molar-refractivity contribution in [1.82, 2.24) is 4.90 Å². The van der Waals surface area contributed by atoms with Crippen LogP contribution in [0.5, 0.6) is 0 Å². The average Bonchev–Trinajstić information content (AvgIpc) is 2.67. The van der Waals surface area contributed by atoms with E-state index in [9.17, 15) is 14.0 Å². The van der Waals surface area contributed by atoms with E-state index >= 15 is 0 Å². The van der Waals surface area contributed by atoms with Crippen LogP contribution in [0.15, 0.2) is 0 Å². The quantitative estimate of drug-likeness (QED) is 0.792. The molecule has 20 heavy (non-hydrogen) atoms. The summed E-state index contributed by atoms with van der Waals surface area (Å²) in [6, 6.07) is -1.07. The summed E-state index contributed by atoms with van der Waals surface area (Å²) >= 11 is 0. The lowest BCUT2D eigenvalue weighted by Crippen LogP contribution is -2.44. The Bertz CT molecular complexity index is 381. The molecule has 2 atom stereocenters. The molecule has 1 aliphatic heterocycles. The van der Waals surface area contributed by atoms with E-state index in [1.54, 1.807) is 27.7 Å². The van der Waals surface area contributed by atoms with Gasteiger partial charge in [0.25, 0.3) is 0 Å². The van der Waals surface area contributed by atoms with E-state index in [1.807, 2.05) is 0 Å². The van der Waals surface area contributed by atoms with Crippen molar-refractivity contribution in [2.75, 3.05) is 19.8 Å². The van der Waals surface area contributed by atoms with Crippen LogP contribution in [-0.4, -0.2) is 59.1 Å². The van der Waals surface area contributed by atoms with Gasteiger partial charge in [-0.2, -0.15) is 0 Å². The predicted molar refractivity (Wildman–Crippen MR) is 68.9 cm³/mol. The summed E-state index contributed by atoms with van der Waals surface area (Å²) in [5.41, 5.74) is -2.76. The van der Waals surface area contributed by atoms with Crippen molar-refractivity contribution in [2.45, 2.75) is 51.4 Å². The standard InChI is InChI=1S/C13H22FNO5/c1-5-19-10(17)9-6-13(14,8-16)7-15(9)11(18)20-12(2,3)4/h9,16H,5-8H2,1-4H3/t9-,13+/m0/s1. The first-order valence-corrected chi connectivity index (χ1v) is 6.58. The number of rotatable bonds is 3. The van der Waals surface area contributed by atoms with E-state index in [1.165, 1.54) is 0 Å². The highest BCUT2D eigenvalue weighted by Gasteiger charge is 2.51. The van der Waals surface area contributed by atoms with Crippen LogP contribution in [0.2, 0.25) is 0 Å². The van der Waals surface area contributed by atoms with Crippen LogP contribution < -0.4 is 0 Å². The Hall–Kier alpha value is -1.37. The zero-order valence-corrected chi connectivity index (χ0v) is 12.3.